The number of Topliss-reactive ketones (excluding diaryl/α,β-unsaturated/α-hetero) is 1. The average Bonchev–Trinajstić information content (AvgIpc) is 3.19. The lowest BCUT2D eigenvalue weighted by Gasteiger charge is -2.24. The number of esters is 1. The molecule has 1 fully saturated rings. The maximum atomic E-state index is 13.4. The fourth-order valence-electron chi connectivity index (χ4n) is 4.33. The number of rotatable bonds is 8. The number of imide groups is 1. The van der Waals surface area contributed by atoms with Crippen LogP contribution in [-0.2, 0) is 21.5 Å². The lowest BCUT2D eigenvalue weighted by atomic mass is 9.90. The van der Waals surface area contributed by atoms with Gasteiger partial charge in [0.25, 0.3) is 5.91 Å². The molecule has 3 rings (SSSR count). The van der Waals surface area contributed by atoms with E-state index < -0.39 is 35.3 Å². The highest BCUT2D eigenvalue weighted by Gasteiger charge is 2.52. The number of ether oxygens (including phenoxy) is 1. The van der Waals surface area contributed by atoms with Gasteiger partial charge in [0.15, 0.2) is 0 Å². The summed E-state index contributed by atoms with van der Waals surface area (Å²) in [6.45, 7) is 10.5. The largest absolute Gasteiger partial charge is 0.462 e. The van der Waals surface area contributed by atoms with Gasteiger partial charge in [-0.05, 0) is 57.7 Å². The second kappa shape index (κ2) is 9.21. The van der Waals surface area contributed by atoms with Crippen molar-refractivity contribution in [2.24, 2.45) is 0 Å². The Kier molecular flexibility index (Phi) is 6.76. The Morgan fingerprint density at radius 1 is 1.12 bits per heavy atom. The molecule has 1 aromatic heterocycles. The number of urea groups is 1. The van der Waals surface area contributed by atoms with Gasteiger partial charge in [0.1, 0.15) is 11.6 Å². The second-order valence-corrected chi connectivity index (χ2v) is 8.56. The van der Waals surface area contributed by atoms with Crippen LogP contribution in [0.5, 0.6) is 0 Å². The van der Waals surface area contributed by atoms with Crippen LogP contribution >= 0.6 is 0 Å². The molecule has 33 heavy (non-hydrogen) atoms. The molecule has 1 saturated heterocycles. The first-order chi connectivity index (χ1) is 15.6. The zero-order valence-electron chi connectivity index (χ0n) is 20.0. The van der Waals surface area contributed by atoms with Crippen molar-refractivity contribution < 1.29 is 23.9 Å². The number of aromatic amines is 1. The number of H-pyrrole nitrogens is 1. The Balaban J connectivity index is 1.89. The van der Waals surface area contributed by atoms with E-state index in [0.29, 0.717) is 22.4 Å². The van der Waals surface area contributed by atoms with Crippen molar-refractivity contribution in [3.63, 3.8) is 0 Å². The molecule has 0 saturated carbocycles. The molecule has 8 heteroatoms. The number of aryl methyl sites for hydroxylation is 2. The Morgan fingerprint density at radius 2 is 1.76 bits per heavy atom. The van der Waals surface area contributed by atoms with Crippen molar-refractivity contribution in [2.45, 2.75) is 66.0 Å². The van der Waals surface area contributed by atoms with Gasteiger partial charge in [-0.3, -0.25) is 14.5 Å². The molecule has 176 valence electrons. The van der Waals surface area contributed by atoms with Gasteiger partial charge in [-0.2, -0.15) is 0 Å². The molecule has 0 radical (unpaired) electrons. The number of hydrogen-bond donors (Lipinski definition) is 2. The van der Waals surface area contributed by atoms with Crippen molar-refractivity contribution in [3.8, 4) is 0 Å². The summed E-state index contributed by atoms with van der Waals surface area (Å²) in [6.07, 6.45) is 1.94. The van der Waals surface area contributed by atoms with E-state index in [4.69, 9.17) is 4.74 Å². The number of hydrogen-bond acceptors (Lipinski definition) is 5. The maximum Gasteiger partial charge on any atom is 0.340 e. The first kappa shape index (κ1) is 24.2. The van der Waals surface area contributed by atoms with Crippen LogP contribution in [0.15, 0.2) is 24.3 Å². The van der Waals surface area contributed by atoms with Crippen LogP contribution in [0.25, 0.3) is 0 Å². The SMILES string of the molecule is CCCc1ccc([C@@]2(C)NC(=O)N([C@H](C)C(=O)c3[nH]c(C)c(C(=O)OCC)c3C)C2=O)cc1. The van der Waals surface area contributed by atoms with E-state index in [2.05, 4.69) is 17.2 Å². The third-order valence-electron chi connectivity index (χ3n) is 6.22. The highest BCUT2D eigenvalue weighted by atomic mass is 16.5. The van der Waals surface area contributed by atoms with Crippen LogP contribution in [0.4, 0.5) is 4.79 Å². The van der Waals surface area contributed by atoms with Gasteiger partial charge in [-0.1, -0.05) is 37.6 Å². The first-order valence-corrected chi connectivity index (χ1v) is 11.2. The van der Waals surface area contributed by atoms with Gasteiger partial charge in [0.05, 0.1) is 17.9 Å². The first-order valence-electron chi connectivity index (χ1n) is 11.2. The summed E-state index contributed by atoms with van der Waals surface area (Å²) in [4.78, 5) is 55.7. The van der Waals surface area contributed by atoms with Crippen LogP contribution < -0.4 is 5.32 Å². The van der Waals surface area contributed by atoms with Gasteiger partial charge in [0.2, 0.25) is 5.78 Å². The van der Waals surface area contributed by atoms with Crippen molar-refractivity contribution in [2.75, 3.05) is 6.61 Å². The molecule has 0 unspecified atom stereocenters. The number of amides is 3. The fraction of sp³-hybridized carbons (Fsp3) is 0.440. The highest BCUT2D eigenvalue weighted by Crippen LogP contribution is 2.31. The van der Waals surface area contributed by atoms with Crippen molar-refractivity contribution in [1.29, 1.82) is 0 Å². The molecule has 1 aromatic carbocycles. The molecule has 2 heterocycles. The van der Waals surface area contributed by atoms with E-state index in [1.165, 1.54) is 6.92 Å². The summed E-state index contributed by atoms with van der Waals surface area (Å²) >= 11 is 0. The van der Waals surface area contributed by atoms with E-state index in [1.54, 1.807) is 27.7 Å². The quantitative estimate of drug-likeness (QED) is 0.359. The number of carbonyl (C=O) groups is 4. The molecule has 2 N–H and O–H groups in total. The van der Waals surface area contributed by atoms with Crippen LogP contribution in [0.3, 0.4) is 0 Å². The van der Waals surface area contributed by atoms with Crippen molar-refractivity contribution >= 4 is 23.7 Å². The summed E-state index contributed by atoms with van der Waals surface area (Å²) < 4.78 is 5.08. The van der Waals surface area contributed by atoms with Crippen LogP contribution in [0, 0.1) is 13.8 Å². The zero-order valence-corrected chi connectivity index (χ0v) is 20.0. The third kappa shape index (κ3) is 4.17. The smallest absolute Gasteiger partial charge is 0.340 e. The fourth-order valence-corrected chi connectivity index (χ4v) is 4.33. The van der Waals surface area contributed by atoms with Gasteiger partial charge in [0, 0.05) is 5.69 Å². The van der Waals surface area contributed by atoms with E-state index in [9.17, 15) is 19.2 Å². The second-order valence-electron chi connectivity index (χ2n) is 8.56. The Labute approximate surface area is 193 Å². The maximum absolute atomic E-state index is 13.4. The van der Waals surface area contributed by atoms with Crippen LogP contribution in [0.2, 0.25) is 0 Å². The van der Waals surface area contributed by atoms with E-state index in [1.807, 2.05) is 24.3 Å². The summed E-state index contributed by atoms with van der Waals surface area (Å²) in [5.74, 6) is -1.48. The molecular weight excluding hydrogens is 422 g/mol. The zero-order chi connectivity index (χ0) is 24.5. The minimum atomic E-state index is -1.27. The minimum absolute atomic E-state index is 0.182. The number of nitrogens with zero attached hydrogens (tertiary/aromatic N) is 1. The van der Waals surface area contributed by atoms with Gasteiger partial charge in [-0.25, -0.2) is 9.59 Å². The van der Waals surface area contributed by atoms with Crippen molar-refractivity contribution in [1.82, 2.24) is 15.2 Å². The van der Waals surface area contributed by atoms with Gasteiger partial charge >= 0.3 is 12.0 Å². The number of carbonyl (C=O) groups excluding carboxylic acids is 4. The molecule has 1 aliphatic heterocycles. The average molecular weight is 454 g/mol. The molecule has 0 spiro atoms. The van der Waals surface area contributed by atoms with Crippen molar-refractivity contribution in [3.05, 3.63) is 57.9 Å². The van der Waals surface area contributed by atoms with Gasteiger partial charge in [-0.15, -0.1) is 0 Å². The Hall–Kier alpha value is -3.42. The summed E-state index contributed by atoms with van der Waals surface area (Å²) in [5, 5.41) is 2.75. The monoisotopic (exact) mass is 453 g/mol. The van der Waals surface area contributed by atoms with Crippen LogP contribution in [0.1, 0.15) is 77.3 Å². The topological polar surface area (TPSA) is 109 Å². The predicted octanol–water partition coefficient (Wildman–Crippen LogP) is 3.80. The molecule has 0 aliphatic carbocycles. The van der Waals surface area contributed by atoms with Crippen LogP contribution in [-0.4, -0.2) is 46.2 Å². The molecule has 3 amide bonds. The molecule has 2 aromatic rings. The number of nitrogens with one attached hydrogen (secondary N) is 2. The molecule has 8 nitrogen and oxygen atoms in total. The summed E-state index contributed by atoms with van der Waals surface area (Å²) in [5.41, 5.74) is 1.94. The minimum Gasteiger partial charge on any atom is -0.462 e. The Bertz CT molecular complexity index is 1100. The predicted molar refractivity (Wildman–Crippen MR) is 123 cm³/mol. The number of ketones is 1. The molecule has 2 atom stereocenters. The summed E-state index contributed by atoms with van der Waals surface area (Å²) in [6, 6.07) is 5.87. The lowest BCUT2D eigenvalue weighted by molar-refractivity contribution is -0.131. The molecular formula is C25H31N3O5. The van der Waals surface area contributed by atoms with E-state index >= 15 is 0 Å². The number of aromatic nitrogens is 1. The molecule has 1 aliphatic rings. The summed E-state index contributed by atoms with van der Waals surface area (Å²) in [7, 11) is 0. The lowest BCUT2D eigenvalue weighted by Crippen LogP contribution is -2.45. The number of benzene rings is 1. The molecule has 0 bridgehead atoms. The van der Waals surface area contributed by atoms with E-state index in [0.717, 1.165) is 23.3 Å². The highest BCUT2D eigenvalue weighted by molar-refractivity contribution is 6.13. The third-order valence-corrected chi connectivity index (χ3v) is 6.22. The Morgan fingerprint density at radius 3 is 2.33 bits per heavy atom. The van der Waals surface area contributed by atoms with Gasteiger partial charge < -0.3 is 15.0 Å². The van der Waals surface area contributed by atoms with E-state index in [-0.39, 0.29) is 12.3 Å². The standard InChI is InChI=1S/C25H31N3O5/c1-7-9-17-10-12-18(13-11-17)25(6)23(31)28(24(32)27-25)16(5)21(29)20-14(3)19(15(4)26-20)22(30)33-8-2/h10-13,16,26H,7-9H2,1-6H3,(H,27,32)/t16-,25-/m1/s1. The normalized spacial score (nSPS) is 18.9.